The lowest BCUT2D eigenvalue weighted by Crippen LogP contribution is -2.29. The minimum Gasteiger partial charge on any atom is -0.492 e. The lowest BCUT2D eigenvalue weighted by Gasteiger charge is -2.07. The first-order valence-electron chi connectivity index (χ1n) is 5.61. The molecule has 1 heterocycles. The maximum atomic E-state index is 11.4. The molecular weight excluding hydrogens is 312 g/mol. The quantitative estimate of drug-likeness (QED) is 0.494. The minimum absolute atomic E-state index is 0.346. The lowest BCUT2D eigenvalue weighted by molar-refractivity contribution is 0.0953. The second-order valence-electron chi connectivity index (χ2n) is 3.77. The van der Waals surface area contributed by atoms with Gasteiger partial charge in [-0.25, -0.2) is 5.84 Å². The molecule has 0 fully saturated rings. The molecule has 0 aliphatic carbocycles. The van der Waals surface area contributed by atoms with Crippen molar-refractivity contribution in [3.05, 3.63) is 46.7 Å². The average Bonchev–Trinajstić information content (AvgIpc) is 2.84. The molecule has 19 heavy (non-hydrogen) atoms. The van der Waals surface area contributed by atoms with Gasteiger partial charge in [0.25, 0.3) is 5.91 Å². The maximum absolute atomic E-state index is 11.4. The molecule has 0 atom stereocenters. The fourth-order valence-electron chi connectivity index (χ4n) is 1.53. The van der Waals surface area contributed by atoms with Crippen molar-refractivity contribution in [1.82, 2.24) is 15.2 Å². The van der Waals surface area contributed by atoms with Crippen molar-refractivity contribution in [2.75, 3.05) is 6.61 Å². The highest BCUT2D eigenvalue weighted by atomic mass is 79.9. The molecule has 0 aliphatic rings. The van der Waals surface area contributed by atoms with E-state index in [0.717, 1.165) is 4.47 Å². The molecule has 0 spiro atoms. The van der Waals surface area contributed by atoms with Crippen molar-refractivity contribution in [1.29, 1.82) is 0 Å². The Morgan fingerprint density at radius 1 is 1.53 bits per heavy atom. The average molecular weight is 325 g/mol. The Balaban J connectivity index is 1.90. The number of hydrogen-bond acceptors (Lipinski definition) is 4. The number of carbonyl (C=O) groups is 1. The number of nitrogens with zero attached hydrogens (tertiary/aromatic N) is 2. The van der Waals surface area contributed by atoms with E-state index in [2.05, 4.69) is 26.5 Å². The zero-order chi connectivity index (χ0) is 13.7. The monoisotopic (exact) mass is 324 g/mol. The first-order chi connectivity index (χ1) is 9.19. The van der Waals surface area contributed by atoms with Crippen molar-refractivity contribution in [2.24, 2.45) is 5.84 Å². The molecule has 0 aliphatic heterocycles. The molecule has 100 valence electrons. The molecule has 3 N–H and O–H groups in total. The molecule has 0 saturated heterocycles. The van der Waals surface area contributed by atoms with Crippen LogP contribution in [0.1, 0.15) is 10.4 Å². The van der Waals surface area contributed by atoms with Gasteiger partial charge in [-0.15, -0.1) is 0 Å². The van der Waals surface area contributed by atoms with Crippen molar-refractivity contribution in [3.63, 3.8) is 0 Å². The zero-order valence-corrected chi connectivity index (χ0v) is 11.6. The second-order valence-corrected chi connectivity index (χ2v) is 4.69. The third-order valence-electron chi connectivity index (χ3n) is 2.42. The van der Waals surface area contributed by atoms with E-state index in [0.29, 0.717) is 24.5 Å². The molecule has 0 radical (unpaired) electrons. The van der Waals surface area contributed by atoms with E-state index < -0.39 is 0 Å². The van der Waals surface area contributed by atoms with Gasteiger partial charge in [0.2, 0.25) is 0 Å². The van der Waals surface area contributed by atoms with Crippen LogP contribution >= 0.6 is 15.9 Å². The number of carbonyl (C=O) groups excluding carboxylic acids is 1. The van der Waals surface area contributed by atoms with Gasteiger partial charge in [-0.1, -0.05) is 6.07 Å². The first-order valence-corrected chi connectivity index (χ1v) is 6.40. The number of nitrogen functional groups attached to an aromatic ring is 1. The second kappa shape index (κ2) is 6.35. The van der Waals surface area contributed by atoms with Gasteiger partial charge in [-0.3, -0.25) is 14.9 Å². The van der Waals surface area contributed by atoms with Crippen LogP contribution in [0.4, 0.5) is 0 Å². The predicted octanol–water partition coefficient (Wildman–Crippen LogP) is 1.33. The van der Waals surface area contributed by atoms with Gasteiger partial charge in [0.05, 0.1) is 17.2 Å². The Hall–Kier alpha value is -1.86. The van der Waals surface area contributed by atoms with E-state index in [1.165, 1.54) is 0 Å². The van der Waals surface area contributed by atoms with Gasteiger partial charge in [-0.05, 0) is 34.1 Å². The summed E-state index contributed by atoms with van der Waals surface area (Å²) >= 11 is 3.32. The summed E-state index contributed by atoms with van der Waals surface area (Å²) < 4.78 is 8.25. The Morgan fingerprint density at radius 3 is 3.05 bits per heavy atom. The van der Waals surface area contributed by atoms with E-state index in [1.54, 1.807) is 35.1 Å². The Labute approximate surface area is 118 Å². The Morgan fingerprint density at radius 2 is 2.37 bits per heavy atom. The fourth-order valence-corrected chi connectivity index (χ4v) is 1.86. The van der Waals surface area contributed by atoms with Crippen LogP contribution in [0.15, 0.2) is 41.1 Å². The summed E-state index contributed by atoms with van der Waals surface area (Å²) in [5.74, 6) is 5.35. The third-order valence-corrected chi connectivity index (χ3v) is 2.83. The number of ether oxygens (including phenoxy) is 1. The van der Waals surface area contributed by atoms with Gasteiger partial charge in [0.15, 0.2) is 0 Å². The van der Waals surface area contributed by atoms with Crippen molar-refractivity contribution >= 4 is 21.8 Å². The number of nitrogens with one attached hydrogen (secondary N) is 1. The molecule has 7 heteroatoms. The van der Waals surface area contributed by atoms with Gasteiger partial charge in [-0.2, -0.15) is 5.10 Å². The first kappa shape index (κ1) is 13.6. The van der Waals surface area contributed by atoms with Crippen molar-refractivity contribution in [3.8, 4) is 5.75 Å². The molecule has 2 rings (SSSR count). The fraction of sp³-hybridized carbons (Fsp3) is 0.167. The molecular formula is C12H13BrN4O2. The summed E-state index contributed by atoms with van der Waals surface area (Å²) in [5.41, 5.74) is 2.54. The van der Waals surface area contributed by atoms with Gasteiger partial charge < -0.3 is 4.74 Å². The number of rotatable bonds is 5. The third kappa shape index (κ3) is 3.80. The molecule has 6 nitrogen and oxygen atoms in total. The number of aromatic nitrogens is 2. The number of amides is 1. The number of hydrazine groups is 1. The normalized spacial score (nSPS) is 10.2. The van der Waals surface area contributed by atoms with E-state index in [9.17, 15) is 4.79 Å². The highest BCUT2D eigenvalue weighted by Gasteiger charge is 2.04. The molecule has 2 aromatic rings. The summed E-state index contributed by atoms with van der Waals surface area (Å²) in [5, 5.41) is 4.12. The Bertz CT molecular complexity index is 570. The summed E-state index contributed by atoms with van der Waals surface area (Å²) in [6.07, 6.45) is 3.58. The SMILES string of the molecule is NNC(=O)c1cccc(OCCn2cc(Br)cn2)c1. The van der Waals surface area contributed by atoms with Gasteiger partial charge >= 0.3 is 0 Å². The standard InChI is InChI=1S/C12H13BrN4O2/c13-10-7-15-17(8-10)4-5-19-11-3-1-2-9(6-11)12(18)16-14/h1-3,6-8H,4-5,14H2,(H,16,18). The van der Waals surface area contributed by atoms with Crippen LogP contribution in [0.5, 0.6) is 5.75 Å². The van der Waals surface area contributed by atoms with Crippen LogP contribution in [0.3, 0.4) is 0 Å². The molecule has 0 unspecified atom stereocenters. The number of halogens is 1. The number of benzene rings is 1. The minimum atomic E-state index is -0.346. The van der Waals surface area contributed by atoms with Crippen molar-refractivity contribution in [2.45, 2.75) is 6.54 Å². The smallest absolute Gasteiger partial charge is 0.265 e. The van der Waals surface area contributed by atoms with Crippen LogP contribution in [-0.4, -0.2) is 22.3 Å². The van der Waals surface area contributed by atoms with Gasteiger partial charge in [0, 0.05) is 11.8 Å². The molecule has 0 saturated carbocycles. The number of hydrogen-bond donors (Lipinski definition) is 2. The summed E-state index contributed by atoms with van der Waals surface area (Å²) in [7, 11) is 0. The highest BCUT2D eigenvalue weighted by molar-refractivity contribution is 9.10. The molecule has 1 aromatic heterocycles. The summed E-state index contributed by atoms with van der Waals surface area (Å²) in [6.45, 7) is 1.08. The van der Waals surface area contributed by atoms with Crippen LogP contribution < -0.4 is 16.0 Å². The van der Waals surface area contributed by atoms with Gasteiger partial charge in [0.1, 0.15) is 12.4 Å². The van der Waals surface area contributed by atoms with Crippen LogP contribution in [0.25, 0.3) is 0 Å². The largest absolute Gasteiger partial charge is 0.492 e. The van der Waals surface area contributed by atoms with E-state index in [4.69, 9.17) is 10.6 Å². The molecule has 1 amide bonds. The molecule has 0 bridgehead atoms. The topological polar surface area (TPSA) is 82.2 Å². The zero-order valence-electron chi connectivity index (χ0n) is 10.0. The molecule has 1 aromatic carbocycles. The van der Waals surface area contributed by atoms with E-state index in [-0.39, 0.29) is 5.91 Å². The predicted molar refractivity (Wildman–Crippen MR) is 73.5 cm³/mol. The van der Waals surface area contributed by atoms with Crippen LogP contribution in [0, 0.1) is 0 Å². The van der Waals surface area contributed by atoms with Crippen molar-refractivity contribution < 1.29 is 9.53 Å². The van der Waals surface area contributed by atoms with E-state index >= 15 is 0 Å². The maximum Gasteiger partial charge on any atom is 0.265 e. The Kier molecular flexibility index (Phi) is 4.53. The summed E-state index contributed by atoms with van der Waals surface area (Å²) in [4.78, 5) is 11.4. The van der Waals surface area contributed by atoms with E-state index in [1.807, 2.05) is 6.20 Å². The highest BCUT2D eigenvalue weighted by Crippen LogP contribution is 2.13. The lowest BCUT2D eigenvalue weighted by atomic mass is 10.2. The van der Waals surface area contributed by atoms with Crippen LogP contribution in [0.2, 0.25) is 0 Å². The number of nitrogens with two attached hydrogens (primary N) is 1. The van der Waals surface area contributed by atoms with Crippen LogP contribution in [-0.2, 0) is 6.54 Å². The summed E-state index contributed by atoms with van der Waals surface area (Å²) in [6, 6.07) is 6.83.